The van der Waals surface area contributed by atoms with Gasteiger partial charge < -0.3 is 24.8 Å². The maximum atomic E-state index is 9.81. The molecule has 0 aromatic carbocycles. The summed E-state index contributed by atoms with van der Waals surface area (Å²) in [6.45, 7) is 6.19. The fourth-order valence-corrected chi connectivity index (χ4v) is 1.83. The van der Waals surface area contributed by atoms with Crippen molar-refractivity contribution in [2.75, 3.05) is 13.2 Å². The van der Waals surface area contributed by atoms with Gasteiger partial charge in [-0.1, -0.05) is 20.8 Å². The van der Waals surface area contributed by atoms with E-state index >= 15 is 0 Å². The topological polar surface area (TPSA) is 79.2 Å². The molecule has 3 N–H and O–H groups in total. The summed E-state index contributed by atoms with van der Waals surface area (Å²) in [6.07, 6.45) is -2.41. The standard InChI is InChI=1S/C12H24O5/c1-7(2)4-5-16-12-8(3)10(14)11(15)9(6-13)17-12/h7-15H,4-6H2,1-3H3/t8?,9?,10-,11+,12+/m0/s1. The van der Waals surface area contributed by atoms with Crippen molar-refractivity contribution in [1.29, 1.82) is 0 Å². The van der Waals surface area contributed by atoms with Crippen LogP contribution in [0, 0.1) is 11.8 Å². The highest BCUT2D eigenvalue weighted by molar-refractivity contribution is 4.86. The van der Waals surface area contributed by atoms with E-state index in [0.29, 0.717) is 12.5 Å². The van der Waals surface area contributed by atoms with Crippen molar-refractivity contribution in [3.8, 4) is 0 Å². The van der Waals surface area contributed by atoms with E-state index in [1.165, 1.54) is 0 Å². The highest BCUT2D eigenvalue weighted by Crippen LogP contribution is 2.26. The molecule has 5 atom stereocenters. The molecule has 5 nitrogen and oxygen atoms in total. The minimum absolute atomic E-state index is 0.306. The maximum Gasteiger partial charge on any atom is 0.163 e. The van der Waals surface area contributed by atoms with E-state index in [9.17, 15) is 10.2 Å². The Hall–Kier alpha value is -0.200. The Bertz CT molecular complexity index is 219. The van der Waals surface area contributed by atoms with Crippen LogP contribution in [0.25, 0.3) is 0 Å². The van der Waals surface area contributed by atoms with Gasteiger partial charge in [-0.2, -0.15) is 0 Å². The molecule has 5 heteroatoms. The third kappa shape index (κ3) is 3.89. The minimum Gasteiger partial charge on any atom is -0.394 e. The second kappa shape index (κ2) is 6.66. The zero-order valence-electron chi connectivity index (χ0n) is 10.7. The Morgan fingerprint density at radius 3 is 2.41 bits per heavy atom. The molecule has 102 valence electrons. The van der Waals surface area contributed by atoms with Crippen LogP contribution in [0.4, 0.5) is 0 Å². The van der Waals surface area contributed by atoms with E-state index in [1.807, 2.05) is 0 Å². The van der Waals surface area contributed by atoms with Crippen LogP contribution in [0.3, 0.4) is 0 Å². The van der Waals surface area contributed by atoms with Crippen LogP contribution in [-0.4, -0.2) is 53.1 Å². The number of rotatable bonds is 5. The molecular weight excluding hydrogens is 224 g/mol. The molecule has 0 amide bonds. The molecule has 0 spiro atoms. The minimum atomic E-state index is -1.06. The lowest BCUT2D eigenvalue weighted by molar-refractivity contribution is -0.282. The number of aliphatic hydroxyl groups excluding tert-OH is 3. The normalized spacial score (nSPS) is 38.6. The largest absolute Gasteiger partial charge is 0.394 e. The number of hydrogen-bond donors (Lipinski definition) is 3. The molecule has 0 saturated carbocycles. The van der Waals surface area contributed by atoms with E-state index in [2.05, 4.69) is 13.8 Å². The van der Waals surface area contributed by atoms with Gasteiger partial charge in [-0.3, -0.25) is 0 Å². The van der Waals surface area contributed by atoms with Crippen molar-refractivity contribution in [2.24, 2.45) is 11.8 Å². The lowest BCUT2D eigenvalue weighted by Gasteiger charge is -2.40. The Labute approximate surface area is 102 Å². The Morgan fingerprint density at radius 2 is 1.88 bits per heavy atom. The van der Waals surface area contributed by atoms with E-state index < -0.39 is 24.6 Å². The zero-order chi connectivity index (χ0) is 13.0. The predicted molar refractivity (Wildman–Crippen MR) is 62.3 cm³/mol. The second-order valence-electron chi connectivity index (χ2n) is 5.12. The van der Waals surface area contributed by atoms with Crippen LogP contribution in [0.1, 0.15) is 27.2 Å². The summed E-state index contributed by atoms with van der Waals surface area (Å²) < 4.78 is 11.0. The Kier molecular flexibility index (Phi) is 5.82. The fourth-order valence-electron chi connectivity index (χ4n) is 1.83. The summed E-state index contributed by atoms with van der Waals surface area (Å²) in [4.78, 5) is 0. The first-order valence-electron chi connectivity index (χ1n) is 6.21. The van der Waals surface area contributed by atoms with E-state index in [1.54, 1.807) is 6.92 Å². The summed E-state index contributed by atoms with van der Waals surface area (Å²) >= 11 is 0. The molecule has 0 radical (unpaired) electrons. The van der Waals surface area contributed by atoms with Gasteiger partial charge in [0.15, 0.2) is 6.29 Å². The van der Waals surface area contributed by atoms with E-state index in [4.69, 9.17) is 14.6 Å². The molecule has 2 unspecified atom stereocenters. The van der Waals surface area contributed by atoms with Crippen molar-refractivity contribution in [3.05, 3.63) is 0 Å². The SMILES string of the molecule is CC(C)CCO[C@@H]1OC(CO)[C@@H](O)[C@@H](O)C1C. The van der Waals surface area contributed by atoms with Crippen LogP contribution in [0.2, 0.25) is 0 Å². The van der Waals surface area contributed by atoms with Gasteiger partial charge in [-0.25, -0.2) is 0 Å². The van der Waals surface area contributed by atoms with Crippen molar-refractivity contribution in [1.82, 2.24) is 0 Å². The first-order chi connectivity index (χ1) is 7.97. The molecular formula is C12H24O5. The molecule has 0 aromatic rings. The number of aliphatic hydroxyl groups is 3. The average molecular weight is 248 g/mol. The smallest absolute Gasteiger partial charge is 0.163 e. The van der Waals surface area contributed by atoms with Crippen molar-refractivity contribution >= 4 is 0 Å². The van der Waals surface area contributed by atoms with Gasteiger partial charge in [0, 0.05) is 12.5 Å². The van der Waals surface area contributed by atoms with E-state index in [-0.39, 0.29) is 12.5 Å². The molecule has 1 aliphatic heterocycles. The highest BCUT2D eigenvalue weighted by atomic mass is 16.7. The predicted octanol–water partition coefficient (Wildman–Crippen LogP) is 0.124. The van der Waals surface area contributed by atoms with Crippen LogP contribution in [0.5, 0.6) is 0 Å². The van der Waals surface area contributed by atoms with E-state index in [0.717, 1.165) is 6.42 Å². The lowest BCUT2D eigenvalue weighted by Crippen LogP contribution is -2.55. The second-order valence-corrected chi connectivity index (χ2v) is 5.12. The highest BCUT2D eigenvalue weighted by Gasteiger charge is 2.42. The first kappa shape index (κ1) is 14.9. The van der Waals surface area contributed by atoms with Crippen molar-refractivity contribution in [3.63, 3.8) is 0 Å². The number of ether oxygens (including phenoxy) is 2. The third-order valence-corrected chi connectivity index (χ3v) is 3.17. The van der Waals surface area contributed by atoms with Gasteiger partial charge in [0.2, 0.25) is 0 Å². The Balaban J connectivity index is 2.47. The molecule has 0 bridgehead atoms. The summed E-state index contributed by atoms with van der Waals surface area (Å²) in [6, 6.07) is 0. The monoisotopic (exact) mass is 248 g/mol. The van der Waals surface area contributed by atoms with Gasteiger partial charge in [-0.05, 0) is 12.3 Å². The molecule has 0 aliphatic carbocycles. The summed E-state index contributed by atoms with van der Waals surface area (Å²) in [5.41, 5.74) is 0. The maximum absolute atomic E-state index is 9.81. The molecule has 17 heavy (non-hydrogen) atoms. The van der Waals surface area contributed by atoms with Crippen LogP contribution in [-0.2, 0) is 9.47 Å². The van der Waals surface area contributed by atoms with Crippen LogP contribution >= 0.6 is 0 Å². The van der Waals surface area contributed by atoms with Crippen LogP contribution in [0.15, 0.2) is 0 Å². The Morgan fingerprint density at radius 1 is 1.24 bits per heavy atom. The molecule has 1 heterocycles. The van der Waals surface area contributed by atoms with Crippen LogP contribution < -0.4 is 0 Å². The summed E-state index contributed by atoms with van der Waals surface area (Å²) in [7, 11) is 0. The van der Waals surface area contributed by atoms with Gasteiger partial charge >= 0.3 is 0 Å². The number of hydrogen-bond acceptors (Lipinski definition) is 5. The average Bonchev–Trinajstić information content (AvgIpc) is 2.29. The molecule has 1 saturated heterocycles. The van der Waals surface area contributed by atoms with Gasteiger partial charge in [0.25, 0.3) is 0 Å². The third-order valence-electron chi connectivity index (χ3n) is 3.17. The van der Waals surface area contributed by atoms with Gasteiger partial charge in [0.1, 0.15) is 12.2 Å². The molecule has 1 fully saturated rings. The summed E-state index contributed by atoms with van der Waals surface area (Å²) in [5.74, 6) is 0.234. The van der Waals surface area contributed by atoms with Gasteiger partial charge in [0.05, 0.1) is 12.7 Å². The lowest BCUT2D eigenvalue weighted by atomic mass is 9.92. The van der Waals surface area contributed by atoms with Crippen molar-refractivity contribution in [2.45, 2.75) is 51.8 Å². The fraction of sp³-hybridized carbons (Fsp3) is 1.00. The van der Waals surface area contributed by atoms with Gasteiger partial charge in [-0.15, -0.1) is 0 Å². The first-order valence-corrected chi connectivity index (χ1v) is 6.21. The molecule has 1 aliphatic rings. The quantitative estimate of drug-likeness (QED) is 0.644. The zero-order valence-corrected chi connectivity index (χ0v) is 10.7. The molecule has 0 aromatic heterocycles. The van der Waals surface area contributed by atoms with Crippen molar-refractivity contribution < 1.29 is 24.8 Å². The molecule has 1 rings (SSSR count). The summed E-state index contributed by atoms with van der Waals surface area (Å²) in [5, 5.41) is 28.5.